The zero-order valence-electron chi connectivity index (χ0n) is 15.6. The van der Waals surface area contributed by atoms with E-state index >= 15 is 0 Å². The second-order valence-electron chi connectivity index (χ2n) is 8.60. The number of aromatic nitrogens is 2. The number of rotatable bonds is 7. The Labute approximate surface area is 149 Å². The number of halogens is 1. The molecule has 0 N–H and O–H groups in total. The Balaban J connectivity index is 1.64. The number of imidazole rings is 1. The van der Waals surface area contributed by atoms with Gasteiger partial charge in [-0.25, -0.2) is 9.37 Å². The van der Waals surface area contributed by atoms with E-state index in [0.717, 1.165) is 49.0 Å². The van der Waals surface area contributed by atoms with Gasteiger partial charge in [-0.05, 0) is 55.7 Å². The minimum Gasteiger partial charge on any atom is -0.325 e. The van der Waals surface area contributed by atoms with Crippen molar-refractivity contribution in [1.29, 1.82) is 0 Å². The number of hydrogen-bond acceptors (Lipinski definition) is 2. The number of hydrogen-bond donors (Lipinski definition) is 0. The summed E-state index contributed by atoms with van der Waals surface area (Å²) in [5.41, 5.74) is 1.87. The van der Waals surface area contributed by atoms with Crippen molar-refractivity contribution in [3.8, 4) is 0 Å². The number of carbonyl (C=O) groups excluding carboxylic acids is 1. The van der Waals surface area contributed by atoms with Crippen LogP contribution in [0.2, 0.25) is 0 Å². The van der Waals surface area contributed by atoms with Crippen LogP contribution in [0.4, 0.5) is 4.39 Å². The number of aryl methyl sites for hydroxylation is 1. The van der Waals surface area contributed by atoms with Gasteiger partial charge in [-0.1, -0.05) is 20.8 Å². The lowest BCUT2D eigenvalue weighted by Crippen LogP contribution is -2.19. The summed E-state index contributed by atoms with van der Waals surface area (Å²) in [6, 6.07) is 5.33. The summed E-state index contributed by atoms with van der Waals surface area (Å²) in [4.78, 5) is 16.8. The minimum atomic E-state index is -0.202. The third-order valence-corrected chi connectivity index (χ3v) is 5.00. The molecule has 1 heterocycles. The van der Waals surface area contributed by atoms with E-state index in [1.807, 2.05) is 0 Å². The molecule has 136 valence electrons. The number of benzene rings is 1. The number of Topliss-reactive ketones (excluding diaryl/α,β-unsaturated/α-hetero) is 1. The molecule has 0 saturated heterocycles. The predicted molar refractivity (Wildman–Crippen MR) is 99.2 cm³/mol. The largest absolute Gasteiger partial charge is 0.325 e. The first kappa shape index (κ1) is 18.1. The first-order valence-corrected chi connectivity index (χ1v) is 9.51. The molecule has 1 aliphatic carbocycles. The van der Waals surface area contributed by atoms with Crippen LogP contribution in [-0.4, -0.2) is 15.3 Å². The molecular weight excluding hydrogens is 315 g/mol. The smallest absolute Gasteiger partial charge is 0.133 e. The maximum atomic E-state index is 13.7. The average molecular weight is 344 g/mol. The van der Waals surface area contributed by atoms with E-state index in [2.05, 4.69) is 25.3 Å². The maximum absolute atomic E-state index is 13.7. The van der Waals surface area contributed by atoms with Gasteiger partial charge in [0.25, 0.3) is 0 Å². The van der Waals surface area contributed by atoms with Gasteiger partial charge in [-0.3, -0.25) is 4.79 Å². The molecule has 0 radical (unpaired) electrons. The van der Waals surface area contributed by atoms with Crippen LogP contribution >= 0.6 is 0 Å². The fourth-order valence-electron chi connectivity index (χ4n) is 3.63. The SMILES string of the molecule is CC(C)(C)CC(=O)CCCCc1nc2ccc(F)cc2n1C1CCC1. The second kappa shape index (κ2) is 7.27. The highest BCUT2D eigenvalue weighted by Crippen LogP contribution is 2.36. The lowest BCUT2D eigenvalue weighted by Gasteiger charge is -2.29. The zero-order valence-corrected chi connectivity index (χ0v) is 15.6. The Kier molecular flexibility index (Phi) is 5.26. The predicted octanol–water partition coefficient (Wildman–Crippen LogP) is 5.62. The number of unbranched alkanes of at least 4 members (excludes halogenated alkanes) is 1. The lowest BCUT2D eigenvalue weighted by atomic mass is 9.88. The number of fused-ring (bicyclic) bond motifs is 1. The van der Waals surface area contributed by atoms with Crippen LogP contribution in [0.25, 0.3) is 11.0 Å². The molecule has 1 aliphatic rings. The molecule has 3 nitrogen and oxygen atoms in total. The Hall–Kier alpha value is -1.71. The normalized spacial score (nSPS) is 15.5. The molecule has 1 fully saturated rings. The van der Waals surface area contributed by atoms with Gasteiger partial charge in [-0.2, -0.15) is 0 Å². The van der Waals surface area contributed by atoms with Crippen molar-refractivity contribution >= 4 is 16.8 Å². The third-order valence-electron chi connectivity index (χ3n) is 5.00. The highest BCUT2D eigenvalue weighted by atomic mass is 19.1. The molecule has 1 aromatic heterocycles. The number of ketones is 1. The Morgan fingerprint density at radius 3 is 2.68 bits per heavy atom. The monoisotopic (exact) mass is 344 g/mol. The summed E-state index contributed by atoms with van der Waals surface area (Å²) in [6.45, 7) is 6.31. The van der Waals surface area contributed by atoms with Gasteiger partial charge >= 0.3 is 0 Å². The molecular formula is C21H29FN2O. The second-order valence-corrected chi connectivity index (χ2v) is 8.60. The van der Waals surface area contributed by atoms with Crippen LogP contribution in [0.1, 0.15) is 77.6 Å². The van der Waals surface area contributed by atoms with Crippen LogP contribution in [0, 0.1) is 11.2 Å². The molecule has 0 bridgehead atoms. The molecule has 1 saturated carbocycles. The van der Waals surface area contributed by atoms with Crippen molar-refractivity contribution in [3.05, 3.63) is 29.8 Å². The highest BCUT2D eigenvalue weighted by molar-refractivity contribution is 5.79. The van der Waals surface area contributed by atoms with Crippen molar-refractivity contribution in [2.24, 2.45) is 5.41 Å². The fraction of sp³-hybridized carbons (Fsp3) is 0.619. The van der Waals surface area contributed by atoms with E-state index in [9.17, 15) is 9.18 Å². The van der Waals surface area contributed by atoms with Crippen LogP contribution in [-0.2, 0) is 11.2 Å². The summed E-state index contributed by atoms with van der Waals surface area (Å²) in [7, 11) is 0. The average Bonchev–Trinajstić information content (AvgIpc) is 2.78. The summed E-state index contributed by atoms with van der Waals surface area (Å²) in [5.74, 6) is 1.20. The Morgan fingerprint density at radius 2 is 2.04 bits per heavy atom. The van der Waals surface area contributed by atoms with E-state index in [-0.39, 0.29) is 11.2 Å². The summed E-state index contributed by atoms with van der Waals surface area (Å²) in [6.07, 6.45) is 7.54. The van der Waals surface area contributed by atoms with Gasteiger partial charge in [-0.15, -0.1) is 0 Å². The van der Waals surface area contributed by atoms with E-state index in [4.69, 9.17) is 4.98 Å². The van der Waals surface area contributed by atoms with E-state index in [1.54, 1.807) is 12.1 Å². The first-order chi connectivity index (χ1) is 11.8. The van der Waals surface area contributed by atoms with E-state index in [0.29, 0.717) is 24.7 Å². The van der Waals surface area contributed by atoms with Crippen molar-refractivity contribution < 1.29 is 9.18 Å². The molecule has 4 heteroatoms. The van der Waals surface area contributed by atoms with Crippen LogP contribution < -0.4 is 0 Å². The van der Waals surface area contributed by atoms with Gasteiger partial charge in [0.2, 0.25) is 0 Å². The minimum absolute atomic E-state index is 0.0688. The summed E-state index contributed by atoms with van der Waals surface area (Å²) >= 11 is 0. The summed E-state index contributed by atoms with van der Waals surface area (Å²) in [5, 5.41) is 0. The molecule has 2 aromatic rings. The molecule has 25 heavy (non-hydrogen) atoms. The molecule has 0 spiro atoms. The van der Waals surface area contributed by atoms with Gasteiger partial charge < -0.3 is 4.57 Å². The quantitative estimate of drug-likeness (QED) is 0.611. The first-order valence-electron chi connectivity index (χ1n) is 9.51. The van der Waals surface area contributed by atoms with Crippen molar-refractivity contribution in [2.45, 2.75) is 78.2 Å². The molecule has 0 unspecified atom stereocenters. The van der Waals surface area contributed by atoms with Crippen LogP contribution in [0.15, 0.2) is 18.2 Å². The van der Waals surface area contributed by atoms with Gasteiger partial charge in [0.05, 0.1) is 11.0 Å². The van der Waals surface area contributed by atoms with Crippen molar-refractivity contribution in [3.63, 3.8) is 0 Å². The van der Waals surface area contributed by atoms with Crippen molar-refractivity contribution in [1.82, 2.24) is 9.55 Å². The lowest BCUT2D eigenvalue weighted by molar-refractivity contribution is -0.120. The van der Waals surface area contributed by atoms with Crippen LogP contribution in [0.5, 0.6) is 0 Å². The highest BCUT2D eigenvalue weighted by Gasteiger charge is 2.24. The number of carbonyl (C=O) groups is 1. The Bertz CT molecular complexity index is 753. The summed E-state index contributed by atoms with van der Waals surface area (Å²) < 4.78 is 15.9. The van der Waals surface area contributed by atoms with Crippen LogP contribution in [0.3, 0.4) is 0 Å². The third kappa shape index (κ3) is 4.47. The topological polar surface area (TPSA) is 34.9 Å². The van der Waals surface area contributed by atoms with Gasteiger partial charge in [0.15, 0.2) is 0 Å². The Morgan fingerprint density at radius 1 is 1.28 bits per heavy atom. The zero-order chi connectivity index (χ0) is 18.0. The standard InChI is InChI=1S/C21H29FN2O/c1-21(2,3)14-17(25)9-4-5-10-20-23-18-12-11-15(22)13-19(18)24(20)16-7-6-8-16/h11-13,16H,4-10,14H2,1-3H3. The van der Waals surface area contributed by atoms with Crippen molar-refractivity contribution in [2.75, 3.05) is 0 Å². The molecule has 0 amide bonds. The van der Waals surface area contributed by atoms with E-state index < -0.39 is 0 Å². The van der Waals surface area contributed by atoms with Gasteiger partial charge in [0, 0.05) is 25.3 Å². The maximum Gasteiger partial charge on any atom is 0.133 e. The van der Waals surface area contributed by atoms with Gasteiger partial charge in [0.1, 0.15) is 17.4 Å². The fourth-order valence-corrected chi connectivity index (χ4v) is 3.63. The van der Waals surface area contributed by atoms with E-state index in [1.165, 1.54) is 12.5 Å². The molecule has 3 rings (SSSR count). The molecule has 0 aliphatic heterocycles. The molecule has 1 aromatic carbocycles. The number of nitrogens with zero attached hydrogens (tertiary/aromatic N) is 2. The molecule has 0 atom stereocenters.